The first-order valence-corrected chi connectivity index (χ1v) is 5.72. The Bertz CT molecular complexity index is 479. The molecule has 3 N–H and O–H groups in total. The molecule has 1 unspecified atom stereocenters. The molecule has 0 radical (unpaired) electrons. The standard InChI is InChI=1S/C11H14ClN5/c1-2-17-6-5-14-11(17)10(16-13)8-3-4-9(12)15-7-8/h3-7,10,16H,2,13H2,1H3. The molecule has 0 amide bonds. The van der Waals surface area contributed by atoms with Gasteiger partial charge in [-0.2, -0.15) is 0 Å². The van der Waals surface area contributed by atoms with Gasteiger partial charge in [-0.15, -0.1) is 0 Å². The minimum Gasteiger partial charge on any atom is -0.334 e. The Labute approximate surface area is 105 Å². The number of nitrogens with two attached hydrogens (primary N) is 1. The number of rotatable bonds is 4. The SMILES string of the molecule is CCn1ccnc1C(NN)c1ccc(Cl)nc1. The van der Waals surface area contributed by atoms with Crippen LogP contribution in [-0.4, -0.2) is 14.5 Å². The van der Waals surface area contributed by atoms with Crippen LogP contribution in [0.4, 0.5) is 0 Å². The molecule has 0 bridgehead atoms. The van der Waals surface area contributed by atoms with Gasteiger partial charge in [-0.3, -0.25) is 5.84 Å². The first-order chi connectivity index (χ1) is 8.26. The molecule has 0 saturated carbocycles. The van der Waals surface area contributed by atoms with Crippen LogP contribution in [0.2, 0.25) is 5.15 Å². The third-order valence-electron chi connectivity index (χ3n) is 2.60. The van der Waals surface area contributed by atoms with Gasteiger partial charge < -0.3 is 4.57 Å². The van der Waals surface area contributed by atoms with Gasteiger partial charge in [0.15, 0.2) is 0 Å². The molecule has 2 heterocycles. The van der Waals surface area contributed by atoms with Crippen molar-refractivity contribution in [3.63, 3.8) is 0 Å². The van der Waals surface area contributed by atoms with Crippen LogP contribution in [0.15, 0.2) is 30.7 Å². The lowest BCUT2D eigenvalue weighted by molar-refractivity contribution is 0.559. The van der Waals surface area contributed by atoms with E-state index in [1.807, 2.05) is 16.8 Å². The Morgan fingerprint density at radius 1 is 1.47 bits per heavy atom. The zero-order valence-corrected chi connectivity index (χ0v) is 10.2. The van der Waals surface area contributed by atoms with Crippen molar-refractivity contribution in [3.05, 3.63) is 47.3 Å². The number of aromatic nitrogens is 3. The maximum atomic E-state index is 5.76. The fraction of sp³-hybridized carbons (Fsp3) is 0.273. The van der Waals surface area contributed by atoms with Crippen LogP contribution in [-0.2, 0) is 6.54 Å². The van der Waals surface area contributed by atoms with E-state index in [1.54, 1.807) is 18.5 Å². The van der Waals surface area contributed by atoms with Gasteiger partial charge in [0.1, 0.15) is 17.0 Å². The number of nitrogens with one attached hydrogen (secondary N) is 1. The lowest BCUT2D eigenvalue weighted by Gasteiger charge is -2.16. The summed E-state index contributed by atoms with van der Waals surface area (Å²) in [5.41, 5.74) is 3.68. The Morgan fingerprint density at radius 2 is 2.29 bits per heavy atom. The van der Waals surface area contributed by atoms with E-state index >= 15 is 0 Å². The molecule has 1 atom stereocenters. The highest BCUT2D eigenvalue weighted by atomic mass is 35.5. The van der Waals surface area contributed by atoms with Gasteiger partial charge in [0, 0.05) is 25.1 Å². The molecule has 2 aromatic rings. The molecule has 2 aromatic heterocycles. The highest BCUT2D eigenvalue weighted by molar-refractivity contribution is 6.29. The molecule has 0 fully saturated rings. The van der Waals surface area contributed by atoms with Crippen molar-refractivity contribution in [2.45, 2.75) is 19.5 Å². The summed E-state index contributed by atoms with van der Waals surface area (Å²) in [5.74, 6) is 6.45. The van der Waals surface area contributed by atoms with Crippen LogP contribution in [0, 0.1) is 0 Å². The highest BCUT2D eigenvalue weighted by Crippen LogP contribution is 2.20. The Balaban J connectivity index is 2.36. The van der Waals surface area contributed by atoms with Gasteiger partial charge >= 0.3 is 0 Å². The zero-order valence-electron chi connectivity index (χ0n) is 9.47. The van der Waals surface area contributed by atoms with Crippen molar-refractivity contribution >= 4 is 11.6 Å². The monoisotopic (exact) mass is 251 g/mol. The van der Waals surface area contributed by atoms with Crippen molar-refractivity contribution in [2.75, 3.05) is 0 Å². The molecule has 5 nitrogen and oxygen atoms in total. The quantitative estimate of drug-likeness (QED) is 0.491. The van der Waals surface area contributed by atoms with Crippen LogP contribution in [0.25, 0.3) is 0 Å². The topological polar surface area (TPSA) is 68.8 Å². The van der Waals surface area contributed by atoms with E-state index < -0.39 is 0 Å². The molecule has 0 aliphatic carbocycles. The van der Waals surface area contributed by atoms with Crippen molar-refractivity contribution in [2.24, 2.45) is 5.84 Å². The molecule has 0 aromatic carbocycles. The second-order valence-corrected chi connectivity index (χ2v) is 3.97. The smallest absolute Gasteiger partial charge is 0.131 e. The van der Waals surface area contributed by atoms with E-state index in [9.17, 15) is 0 Å². The second kappa shape index (κ2) is 5.27. The van der Waals surface area contributed by atoms with E-state index in [4.69, 9.17) is 17.4 Å². The summed E-state index contributed by atoms with van der Waals surface area (Å²) in [7, 11) is 0. The Kier molecular flexibility index (Phi) is 3.73. The summed E-state index contributed by atoms with van der Waals surface area (Å²) in [6.45, 7) is 2.90. The highest BCUT2D eigenvalue weighted by Gasteiger charge is 2.17. The largest absolute Gasteiger partial charge is 0.334 e. The molecule has 0 aliphatic rings. The number of nitrogens with zero attached hydrogens (tertiary/aromatic N) is 3. The van der Waals surface area contributed by atoms with Crippen molar-refractivity contribution in [1.29, 1.82) is 0 Å². The predicted molar refractivity (Wildman–Crippen MR) is 66.3 cm³/mol. The van der Waals surface area contributed by atoms with Crippen molar-refractivity contribution in [3.8, 4) is 0 Å². The number of aryl methyl sites for hydroxylation is 1. The molecule has 17 heavy (non-hydrogen) atoms. The minimum absolute atomic E-state index is 0.185. The minimum atomic E-state index is -0.185. The van der Waals surface area contributed by atoms with Crippen molar-refractivity contribution in [1.82, 2.24) is 20.0 Å². The van der Waals surface area contributed by atoms with Crippen molar-refractivity contribution < 1.29 is 0 Å². The lowest BCUT2D eigenvalue weighted by Crippen LogP contribution is -2.31. The van der Waals surface area contributed by atoms with Gasteiger partial charge in [0.05, 0.1) is 0 Å². The Morgan fingerprint density at radius 3 is 2.88 bits per heavy atom. The lowest BCUT2D eigenvalue weighted by atomic mass is 10.1. The summed E-state index contributed by atoms with van der Waals surface area (Å²) in [6.07, 6.45) is 5.37. The third-order valence-corrected chi connectivity index (χ3v) is 2.82. The summed E-state index contributed by atoms with van der Waals surface area (Å²) in [5, 5.41) is 0.461. The van der Waals surface area contributed by atoms with Gasteiger partial charge in [0.2, 0.25) is 0 Å². The number of hydrogen-bond acceptors (Lipinski definition) is 4. The fourth-order valence-electron chi connectivity index (χ4n) is 1.73. The predicted octanol–water partition coefficient (Wildman–Crippen LogP) is 1.50. The molecule has 2 rings (SSSR count). The van der Waals surface area contributed by atoms with Gasteiger partial charge in [-0.05, 0) is 18.6 Å². The molecule has 0 saturated heterocycles. The third kappa shape index (κ3) is 2.46. The van der Waals surface area contributed by atoms with Crippen LogP contribution in [0.1, 0.15) is 24.4 Å². The number of imidazole rings is 1. The van der Waals surface area contributed by atoms with Crippen LogP contribution >= 0.6 is 11.6 Å². The van der Waals surface area contributed by atoms with Crippen LogP contribution in [0.3, 0.4) is 0 Å². The van der Waals surface area contributed by atoms with E-state index in [-0.39, 0.29) is 6.04 Å². The molecule has 0 aliphatic heterocycles. The van der Waals surface area contributed by atoms with Gasteiger partial charge in [-0.1, -0.05) is 17.7 Å². The summed E-state index contributed by atoms with van der Waals surface area (Å²) in [6, 6.07) is 3.43. The Hall–Kier alpha value is -1.43. The van der Waals surface area contributed by atoms with E-state index in [1.165, 1.54) is 0 Å². The molecular formula is C11H14ClN5. The first kappa shape index (κ1) is 12.0. The number of pyridine rings is 1. The maximum absolute atomic E-state index is 5.76. The average molecular weight is 252 g/mol. The number of hydrogen-bond donors (Lipinski definition) is 2. The van der Waals surface area contributed by atoms with Crippen LogP contribution in [0.5, 0.6) is 0 Å². The fourth-order valence-corrected chi connectivity index (χ4v) is 1.84. The molecule has 90 valence electrons. The zero-order chi connectivity index (χ0) is 12.3. The van der Waals surface area contributed by atoms with E-state index in [0.717, 1.165) is 17.9 Å². The normalized spacial score (nSPS) is 12.6. The summed E-state index contributed by atoms with van der Waals surface area (Å²) in [4.78, 5) is 8.36. The number of halogens is 1. The maximum Gasteiger partial charge on any atom is 0.131 e. The summed E-state index contributed by atoms with van der Waals surface area (Å²) >= 11 is 5.76. The molecule has 6 heteroatoms. The van der Waals surface area contributed by atoms with E-state index in [0.29, 0.717) is 5.15 Å². The number of hydrazine groups is 1. The second-order valence-electron chi connectivity index (χ2n) is 3.59. The first-order valence-electron chi connectivity index (χ1n) is 5.35. The van der Waals surface area contributed by atoms with E-state index in [2.05, 4.69) is 22.3 Å². The summed E-state index contributed by atoms with van der Waals surface area (Å²) < 4.78 is 2.03. The van der Waals surface area contributed by atoms with Gasteiger partial charge in [0.25, 0.3) is 0 Å². The molecule has 0 spiro atoms. The van der Waals surface area contributed by atoms with Gasteiger partial charge in [-0.25, -0.2) is 15.4 Å². The average Bonchev–Trinajstić information content (AvgIpc) is 2.81. The van der Waals surface area contributed by atoms with Crippen LogP contribution < -0.4 is 11.3 Å². The molecular weight excluding hydrogens is 238 g/mol.